The lowest BCUT2D eigenvalue weighted by Crippen LogP contribution is -2.46. The van der Waals surface area contributed by atoms with Crippen LogP contribution in [0.2, 0.25) is 18.1 Å². The van der Waals surface area contributed by atoms with Gasteiger partial charge in [-0.05, 0) is 54.0 Å². The zero-order valence-electron chi connectivity index (χ0n) is 25.1. The van der Waals surface area contributed by atoms with Crippen LogP contribution in [0.1, 0.15) is 44.5 Å². The number of hydrogen-bond acceptors (Lipinski definition) is 9. The lowest BCUT2D eigenvalue weighted by Gasteiger charge is -2.39. The van der Waals surface area contributed by atoms with Crippen molar-refractivity contribution in [3.8, 4) is 23.2 Å². The lowest BCUT2D eigenvalue weighted by atomic mass is 9.83. The molecule has 0 saturated carbocycles. The molecule has 14 heteroatoms. The summed E-state index contributed by atoms with van der Waals surface area (Å²) in [5, 5.41) is 13.0. The Hall–Kier alpha value is -3.96. The first-order chi connectivity index (χ1) is 20.0. The van der Waals surface area contributed by atoms with Gasteiger partial charge in [0, 0.05) is 36.0 Å². The first kappa shape index (κ1) is 32.0. The molecule has 0 aliphatic carbocycles. The molecule has 1 aliphatic rings. The maximum Gasteiger partial charge on any atom is 0.433 e. The molecule has 3 aromatic rings. The maximum absolute atomic E-state index is 13.1. The maximum atomic E-state index is 13.1. The number of halogens is 3. The van der Waals surface area contributed by atoms with Crippen molar-refractivity contribution >= 4 is 39.2 Å². The predicted molar refractivity (Wildman–Crippen MR) is 162 cm³/mol. The van der Waals surface area contributed by atoms with E-state index in [9.17, 15) is 23.2 Å². The molecule has 1 N–H and O–H groups in total. The minimum atomic E-state index is -4.63. The number of alkyl halides is 3. The molecular weight excluding hydrogens is 576 g/mol. The fourth-order valence-corrected chi connectivity index (χ4v) is 5.72. The van der Waals surface area contributed by atoms with Crippen LogP contribution in [0.25, 0.3) is 11.3 Å². The average molecular weight is 610 g/mol. The van der Waals surface area contributed by atoms with Crippen molar-refractivity contribution in [3.05, 3.63) is 53.3 Å². The molecule has 3 heterocycles. The number of carbonyl (C=O) groups is 1. The molecule has 43 heavy (non-hydrogen) atoms. The van der Waals surface area contributed by atoms with Gasteiger partial charge in [-0.2, -0.15) is 18.4 Å². The van der Waals surface area contributed by atoms with E-state index in [4.69, 9.17) is 9.16 Å². The van der Waals surface area contributed by atoms with Crippen LogP contribution in [-0.2, 0) is 20.8 Å². The van der Waals surface area contributed by atoms with E-state index in [0.29, 0.717) is 41.8 Å². The third kappa shape index (κ3) is 6.52. The molecule has 225 valence electrons. The standard InChI is InChI=1S/C29H33BF3N6O3Si/c1-27(2,3)43(6,7)42-16-28(4)15-39(30-17-40)24-19(14-34)12-18(13-20(24)28)21-10-11-35-26(36-21)37-22-8-9-23(29(31,32)33)38-25(22)41-5/h8-13,17H,15-16H2,1-7H3,(H,35,36,37)/t28-/m1/s1. The number of methoxy groups -OCH3 is 1. The van der Waals surface area contributed by atoms with Crippen LogP contribution in [0, 0.1) is 11.3 Å². The first-order valence-electron chi connectivity index (χ1n) is 13.5. The van der Waals surface area contributed by atoms with Gasteiger partial charge in [-0.25, -0.2) is 15.0 Å². The Bertz CT molecular complexity index is 1570. The van der Waals surface area contributed by atoms with E-state index in [1.807, 2.05) is 6.07 Å². The molecule has 0 fully saturated rings. The fraction of sp³-hybridized carbons (Fsp3) is 0.414. The average Bonchev–Trinajstić information content (AvgIpc) is 3.22. The van der Waals surface area contributed by atoms with Crippen molar-refractivity contribution in [1.82, 2.24) is 15.0 Å². The van der Waals surface area contributed by atoms with Gasteiger partial charge in [0.15, 0.2) is 8.32 Å². The summed E-state index contributed by atoms with van der Waals surface area (Å²) in [4.78, 5) is 25.6. The number of aromatic nitrogens is 3. The third-order valence-corrected chi connectivity index (χ3v) is 12.5. The summed E-state index contributed by atoms with van der Waals surface area (Å²) in [6, 6.07) is 9.60. The minimum absolute atomic E-state index is 0.00527. The summed E-state index contributed by atoms with van der Waals surface area (Å²) in [6.07, 6.45) is -2.43. The van der Waals surface area contributed by atoms with Gasteiger partial charge in [0.05, 0.1) is 18.4 Å². The Morgan fingerprint density at radius 3 is 2.53 bits per heavy atom. The Kier molecular flexibility index (Phi) is 8.63. The van der Waals surface area contributed by atoms with Gasteiger partial charge >= 0.3 is 13.6 Å². The van der Waals surface area contributed by atoms with Crippen LogP contribution in [-0.4, -0.2) is 57.1 Å². The van der Waals surface area contributed by atoms with Crippen molar-refractivity contribution in [2.45, 2.75) is 57.4 Å². The van der Waals surface area contributed by atoms with Crippen LogP contribution in [0.3, 0.4) is 0 Å². The highest BCUT2D eigenvalue weighted by Gasteiger charge is 2.44. The van der Waals surface area contributed by atoms with Gasteiger partial charge in [-0.3, -0.25) is 0 Å². The Morgan fingerprint density at radius 1 is 1.21 bits per heavy atom. The van der Waals surface area contributed by atoms with Crippen LogP contribution in [0.5, 0.6) is 5.88 Å². The van der Waals surface area contributed by atoms with Crippen LogP contribution in [0.15, 0.2) is 36.5 Å². The van der Waals surface area contributed by atoms with Gasteiger partial charge < -0.3 is 24.1 Å². The molecule has 0 amide bonds. The monoisotopic (exact) mass is 609 g/mol. The molecule has 0 bridgehead atoms. The number of benzene rings is 1. The summed E-state index contributed by atoms with van der Waals surface area (Å²) >= 11 is 0. The molecule has 4 rings (SSSR count). The van der Waals surface area contributed by atoms with E-state index in [1.54, 1.807) is 16.9 Å². The number of carbonyl (C=O) groups excluding carboxylic acids is 1. The second-order valence-corrected chi connectivity index (χ2v) is 17.0. The number of anilines is 3. The SMILES string of the molecule is COc1nc(C(F)(F)F)ccc1Nc1nccc(-c2cc(C#N)c3c(c2)[C@@](C)(CO[Si](C)(C)C(C)(C)C)CN3[B]C=O)n1. The number of nitrogens with zero attached hydrogens (tertiary/aromatic N) is 5. The number of nitrogens with one attached hydrogen (secondary N) is 1. The molecule has 2 aromatic heterocycles. The van der Waals surface area contributed by atoms with E-state index < -0.39 is 25.6 Å². The minimum Gasteiger partial charge on any atom is -0.480 e. The van der Waals surface area contributed by atoms with Crippen LogP contribution >= 0.6 is 0 Å². The number of hydrogen-bond donors (Lipinski definition) is 1. The molecule has 0 saturated heterocycles. The quantitative estimate of drug-likeness (QED) is 0.227. The van der Waals surface area contributed by atoms with Gasteiger partial charge in [0.2, 0.25) is 11.8 Å². The van der Waals surface area contributed by atoms with Crippen molar-refractivity contribution in [1.29, 1.82) is 5.26 Å². The van der Waals surface area contributed by atoms with E-state index in [-0.39, 0.29) is 22.6 Å². The number of pyridine rings is 1. The molecule has 1 atom stereocenters. The summed E-state index contributed by atoms with van der Waals surface area (Å²) < 4.78 is 51.1. The highest BCUT2D eigenvalue weighted by Crippen LogP contribution is 2.46. The summed E-state index contributed by atoms with van der Waals surface area (Å²) in [6.45, 7) is 13.7. The van der Waals surface area contributed by atoms with Gasteiger partial charge in [0.1, 0.15) is 23.6 Å². The summed E-state index contributed by atoms with van der Waals surface area (Å²) in [5.74, 6) is -0.173. The second kappa shape index (κ2) is 11.6. The van der Waals surface area contributed by atoms with Crippen molar-refractivity contribution in [3.63, 3.8) is 0 Å². The third-order valence-electron chi connectivity index (χ3n) is 8.03. The molecule has 9 nitrogen and oxygen atoms in total. The van der Waals surface area contributed by atoms with Crippen LogP contribution < -0.4 is 14.9 Å². The highest BCUT2D eigenvalue weighted by molar-refractivity contribution is 6.74. The molecule has 1 radical (unpaired) electrons. The molecule has 1 aliphatic heterocycles. The molecule has 0 spiro atoms. The largest absolute Gasteiger partial charge is 0.480 e. The predicted octanol–water partition coefficient (Wildman–Crippen LogP) is 6.09. The number of ether oxygens (including phenoxy) is 1. The second-order valence-electron chi connectivity index (χ2n) is 12.2. The van der Waals surface area contributed by atoms with Crippen molar-refractivity contribution in [2.24, 2.45) is 0 Å². The van der Waals surface area contributed by atoms with E-state index in [0.717, 1.165) is 11.6 Å². The zero-order chi connectivity index (χ0) is 31.8. The number of nitriles is 1. The van der Waals surface area contributed by atoms with Crippen molar-refractivity contribution in [2.75, 3.05) is 30.4 Å². The van der Waals surface area contributed by atoms with Gasteiger partial charge in [-0.1, -0.05) is 27.7 Å². The summed E-state index contributed by atoms with van der Waals surface area (Å²) in [5.41, 5.74) is 1.48. The summed E-state index contributed by atoms with van der Waals surface area (Å²) in [7, 11) is 0.527. The zero-order valence-corrected chi connectivity index (χ0v) is 26.1. The smallest absolute Gasteiger partial charge is 0.433 e. The van der Waals surface area contributed by atoms with Gasteiger partial charge in [0.25, 0.3) is 0 Å². The normalized spacial score (nSPS) is 16.8. The Morgan fingerprint density at radius 2 is 1.93 bits per heavy atom. The molecular formula is C29H33BF3N6O3Si. The van der Waals surface area contributed by atoms with Crippen molar-refractivity contribution < 1.29 is 27.1 Å². The van der Waals surface area contributed by atoms with E-state index >= 15 is 0 Å². The molecule has 1 aromatic carbocycles. The van der Waals surface area contributed by atoms with Gasteiger partial charge in [-0.15, -0.1) is 0 Å². The van der Waals surface area contributed by atoms with Crippen LogP contribution in [0.4, 0.5) is 30.5 Å². The van der Waals surface area contributed by atoms with E-state index in [2.05, 4.69) is 67.1 Å². The number of fused-ring (bicyclic) bond motifs is 1. The van der Waals surface area contributed by atoms with E-state index in [1.165, 1.54) is 26.8 Å². The topological polar surface area (TPSA) is 113 Å². The Balaban J connectivity index is 1.74. The first-order valence-corrected chi connectivity index (χ1v) is 16.4. The highest BCUT2D eigenvalue weighted by atomic mass is 28.4. The molecule has 0 unspecified atom stereocenters. The lowest BCUT2D eigenvalue weighted by molar-refractivity contribution is -0.141. The Labute approximate surface area is 250 Å². The fourth-order valence-electron chi connectivity index (χ4n) is 4.61. The number of rotatable bonds is 9.